The van der Waals surface area contributed by atoms with Gasteiger partial charge < -0.3 is 13.6 Å². The van der Waals surface area contributed by atoms with Crippen LogP contribution >= 0.6 is 7.82 Å². The molecule has 65 heavy (non-hydrogen) atoms. The number of hydrogen-bond acceptors (Lipinski definition) is 4. The predicted molar refractivity (Wildman–Crippen MR) is 270 cm³/mol. The molecule has 0 fully saturated rings. The third-order valence-corrected chi connectivity index (χ3v) is 13.7. The highest BCUT2D eigenvalue weighted by Gasteiger charge is 2.37. The first-order valence-corrected chi connectivity index (χ1v) is 23.5. The fraction of sp³-hybridized carbons (Fsp3) is 0.100. The molecule has 0 amide bonds. The van der Waals surface area contributed by atoms with E-state index in [4.69, 9.17) is 13.6 Å². The van der Waals surface area contributed by atoms with E-state index in [0.717, 1.165) is 100 Å². The molecule has 5 heteroatoms. The quantitative estimate of drug-likeness (QED) is 0.115. The lowest BCUT2D eigenvalue weighted by molar-refractivity contribution is 0.296. The van der Waals surface area contributed by atoms with Crippen molar-refractivity contribution < 1.29 is 18.1 Å². The molecule has 9 aromatic carbocycles. The molecule has 0 saturated carbocycles. The molecule has 4 nitrogen and oxygen atoms in total. The van der Waals surface area contributed by atoms with Gasteiger partial charge in [0.15, 0.2) is 0 Å². The van der Waals surface area contributed by atoms with E-state index in [9.17, 15) is 0 Å². The normalized spacial score (nSPS) is 11.3. The summed E-state index contributed by atoms with van der Waals surface area (Å²) in [5.74, 6) is 1.18. The lowest BCUT2D eigenvalue weighted by atomic mass is 9.89. The van der Waals surface area contributed by atoms with Crippen molar-refractivity contribution in [1.82, 2.24) is 0 Å². The van der Waals surface area contributed by atoms with Crippen LogP contribution < -0.4 is 13.6 Å². The molecule has 9 aromatic rings. The highest BCUT2D eigenvalue weighted by atomic mass is 31.2. The van der Waals surface area contributed by atoms with Crippen molar-refractivity contribution in [1.29, 1.82) is 0 Å². The van der Waals surface area contributed by atoms with Crippen LogP contribution in [-0.2, 0) is 4.57 Å². The van der Waals surface area contributed by atoms with Gasteiger partial charge in [0.05, 0.1) is 0 Å². The van der Waals surface area contributed by atoms with E-state index in [2.05, 4.69) is 93.6 Å². The van der Waals surface area contributed by atoms with Crippen molar-refractivity contribution in [2.45, 2.75) is 41.5 Å². The molecular formula is C60H51O4P. The standard InChI is InChI=1S/C60H51O4P/c1-40-52(46-25-13-7-14-26-46)37-55(43(4)58(40)49-31-19-10-20-32-49)62-65(61,63-56-38-53(47-27-15-8-16-28-47)41(2)59(44(56)5)50-33-21-11-22-34-50)64-57-39-54(48-29-17-9-18-30-48)42(3)60(45(57)6)51-35-23-12-24-36-51/h7-39H,1-6H3. The molecule has 0 heterocycles. The minimum Gasteiger partial charge on any atom is -0.386 e. The summed E-state index contributed by atoms with van der Waals surface area (Å²) in [7, 11) is -4.68. The highest BCUT2D eigenvalue weighted by molar-refractivity contribution is 7.49. The SMILES string of the molecule is Cc1c(OP(=O)(Oc2cc(-c3ccccc3)c(C)c(-c3ccccc3)c2C)Oc2cc(-c3ccccc3)c(C)c(-c3ccccc3)c2C)cc(-c2ccccc2)c(C)c1-c1ccccc1. The first kappa shape index (κ1) is 42.9. The molecule has 0 aliphatic heterocycles. The maximum absolute atomic E-state index is 16.5. The van der Waals surface area contributed by atoms with Gasteiger partial charge in [0, 0.05) is 0 Å². The fourth-order valence-corrected chi connectivity index (χ4v) is 10.6. The van der Waals surface area contributed by atoms with E-state index < -0.39 is 7.82 Å². The second-order valence-electron chi connectivity index (χ2n) is 16.6. The zero-order chi connectivity index (χ0) is 45.1. The van der Waals surface area contributed by atoms with Crippen molar-refractivity contribution >= 4 is 7.82 Å². The van der Waals surface area contributed by atoms with Crippen LogP contribution in [-0.4, -0.2) is 0 Å². The van der Waals surface area contributed by atoms with Crippen LogP contribution in [0.3, 0.4) is 0 Å². The third-order valence-electron chi connectivity index (χ3n) is 12.5. The lowest BCUT2D eigenvalue weighted by Crippen LogP contribution is -2.11. The second kappa shape index (κ2) is 18.4. The van der Waals surface area contributed by atoms with Crippen molar-refractivity contribution in [3.8, 4) is 84.0 Å². The van der Waals surface area contributed by atoms with Crippen molar-refractivity contribution in [2.75, 3.05) is 0 Å². The van der Waals surface area contributed by atoms with Crippen molar-refractivity contribution in [3.63, 3.8) is 0 Å². The maximum atomic E-state index is 16.5. The molecule has 0 aliphatic rings. The van der Waals surface area contributed by atoms with Gasteiger partial charge in [-0.2, -0.15) is 4.57 Å². The topological polar surface area (TPSA) is 44.8 Å². The number of rotatable bonds is 12. The Labute approximate surface area is 383 Å². The summed E-state index contributed by atoms with van der Waals surface area (Å²) in [5, 5.41) is 0. The second-order valence-corrected chi connectivity index (χ2v) is 18.0. The Kier molecular flexibility index (Phi) is 12.1. The number of hydrogen-bond donors (Lipinski definition) is 0. The summed E-state index contributed by atoms with van der Waals surface area (Å²) in [6.07, 6.45) is 0. The summed E-state index contributed by atoms with van der Waals surface area (Å²) in [5.41, 5.74) is 17.6. The van der Waals surface area contributed by atoms with Crippen LogP contribution in [0.2, 0.25) is 0 Å². The van der Waals surface area contributed by atoms with Gasteiger partial charge >= 0.3 is 7.82 Å². The largest absolute Gasteiger partial charge is 0.647 e. The smallest absolute Gasteiger partial charge is 0.386 e. The Morgan fingerprint density at radius 3 is 0.692 bits per heavy atom. The molecule has 0 N–H and O–H groups in total. The predicted octanol–water partition coefficient (Wildman–Crippen LogP) is 17.2. The van der Waals surface area contributed by atoms with Gasteiger partial charge in [0.2, 0.25) is 0 Å². The number of benzene rings is 9. The van der Waals surface area contributed by atoms with Crippen LogP contribution in [0.4, 0.5) is 0 Å². The molecule has 0 bridgehead atoms. The van der Waals surface area contributed by atoms with Crippen LogP contribution in [0.5, 0.6) is 17.2 Å². The maximum Gasteiger partial charge on any atom is 0.647 e. The van der Waals surface area contributed by atoms with Gasteiger partial charge in [-0.3, -0.25) is 0 Å². The fourth-order valence-electron chi connectivity index (χ4n) is 9.23. The molecule has 0 radical (unpaired) electrons. The summed E-state index contributed by atoms with van der Waals surface area (Å²) >= 11 is 0. The summed E-state index contributed by atoms with van der Waals surface area (Å²) in [6, 6.07) is 67.4. The summed E-state index contributed by atoms with van der Waals surface area (Å²) in [6.45, 7) is 12.4. The van der Waals surface area contributed by atoms with Crippen LogP contribution in [0.25, 0.3) is 66.8 Å². The van der Waals surface area contributed by atoms with Crippen molar-refractivity contribution in [3.05, 3.63) is 234 Å². The van der Waals surface area contributed by atoms with Gasteiger partial charge in [0.25, 0.3) is 0 Å². The third kappa shape index (κ3) is 8.66. The van der Waals surface area contributed by atoms with E-state index in [1.165, 1.54) is 0 Å². The van der Waals surface area contributed by atoms with Gasteiger partial charge in [-0.05, 0) is 160 Å². The first-order chi connectivity index (χ1) is 31.6. The van der Waals surface area contributed by atoms with Crippen molar-refractivity contribution in [2.24, 2.45) is 0 Å². The molecule has 0 atom stereocenters. The summed E-state index contributed by atoms with van der Waals surface area (Å²) < 4.78 is 37.4. The van der Waals surface area contributed by atoms with Crippen LogP contribution in [0.15, 0.2) is 200 Å². The Bertz CT molecular complexity index is 2830. The van der Waals surface area contributed by atoms with E-state index in [-0.39, 0.29) is 0 Å². The minimum absolute atomic E-state index is 0.393. The summed E-state index contributed by atoms with van der Waals surface area (Å²) in [4.78, 5) is 0. The van der Waals surface area contributed by atoms with Crippen LogP contribution in [0, 0.1) is 41.5 Å². The molecule has 0 spiro atoms. The molecule has 0 aliphatic carbocycles. The lowest BCUT2D eigenvalue weighted by Gasteiger charge is -2.27. The molecular weight excluding hydrogens is 816 g/mol. The molecule has 0 unspecified atom stereocenters. The van der Waals surface area contributed by atoms with Gasteiger partial charge in [-0.1, -0.05) is 182 Å². The van der Waals surface area contributed by atoms with E-state index in [1.807, 2.05) is 148 Å². The molecule has 0 saturated heterocycles. The molecule has 9 rings (SSSR count). The zero-order valence-electron chi connectivity index (χ0n) is 37.6. The minimum atomic E-state index is -4.68. The van der Waals surface area contributed by atoms with E-state index >= 15 is 4.57 Å². The molecule has 320 valence electrons. The first-order valence-electron chi connectivity index (χ1n) is 22.0. The number of phosphoric acid groups is 1. The Hall–Kier alpha value is -7.39. The Morgan fingerprint density at radius 2 is 0.477 bits per heavy atom. The average Bonchev–Trinajstić information content (AvgIpc) is 3.34. The molecule has 0 aromatic heterocycles. The van der Waals surface area contributed by atoms with E-state index in [1.54, 1.807) is 0 Å². The van der Waals surface area contributed by atoms with Crippen LogP contribution in [0.1, 0.15) is 33.4 Å². The average molecular weight is 867 g/mol. The monoisotopic (exact) mass is 866 g/mol. The number of phosphoric ester groups is 1. The van der Waals surface area contributed by atoms with E-state index in [0.29, 0.717) is 17.2 Å². The Morgan fingerprint density at radius 1 is 0.277 bits per heavy atom. The Balaban J connectivity index is 1.29. The van der Waals surface area contributed by atoms with Gasteiger partial charge in [0.1, 0.15) is 17.2 Å². The van der Waals surface area contributed by atoms with Gasteiger partial charge in [-0.25, -0.2) is 0 Å². The van der Waals surface area contributed by atoms with Gasteiger partial charge in [-0.15, -0.1) is 0 Å². The zero-order valence-corrected chi connectivity index (χ0v) is 38.5. The highest BCUT2D eigenvalue weighted by Crippen LogP contribution is 2.56.